The quantitative estimate of drug-likeness (QED) is 0.165. The van der Waals surface area contributed by atoms with Gasteiger partial charge in [-0.25, -0.2) is 0 Å². The first-order valence-electron chi connectivity index (χ1n) is 28.1. The van der Waals surface area contributed by atoms with Crippen LogP contribution in [0, 0.1) is 0 Å². The van der Waals surface area contributed by atoms with Crippen LogP contribution < -0.4 is 25.3 Å². The van der Waals surface area contributed by atoms with Crippen molar-refractivity contribution in [2.24, 2.45) is 0 Å². The fourth-order valence-electron chi connectivity index (χ4n) is 13.1. The molecule has 0 bridgehead atoms. The van der Waals surface area contributed by atoms with Crippen molar-refractivity contribution >= 4 is 126 Å². The van der Waals surface area contributed by atoms with Crippen molar-refractivity contribution in [1.82, 2.24) is 9.13 Å². The number of rotatable bonds is 3. The van der Waals surface area contributed by atoms with Crippen LogP contribution in [0.25, 0.3) is 87.0 Å². The summed E-state index contributed by atoms with van der Waals surface area (Å²) in [7, 11) is 0. The summed E-state index contributed by atoms with van der Waals surface area (Å²) in [6, 6.07) is 64.2. The van der Waals surface area contributed by atoms with Gasteiger partial charge in [0, 0.05) is 59.2 Å². The number of thiophene rings is 1. The number of furan rings is 1. The van der Waals surface area contributed by atoms with E-state index in [1.54, 1.807) is 0 Å². The van der Waals surface area contributed by atoms with Crippen molar-refractivity contribution in [2.45, 2.75) is 105 Å². The van der Waals surface area contributed by atoms with Crippen molar-refractivity contribution < 1.29 is 9.15 Å². The Morgan fingerprint density at radius 2 is 0.949 bits per heavy atom. The summed E-state index contributed by atoms with van der Waals surface area (Å²) in [4.78, 5) is 2.57. The number of para-hydroxylation sites is 3. The average Bonchev–Trinajstić information content (AvgIpc) is 3.02. The molecule has 5 nitrogen and oxygen atoms in total. The first-order chi connectivity index (χ1) is 37.7. The molecule has 0 unspecified atom stereocenters. The van der Waals surface area contributed by atoms with Crippen LogP contribution in [0.4, 0.5) is 17.1 Å². The van der Waals surface area contributed by atoms with E-state index in [0.717, 1.165) is 78.1 Å². The molecule has 0 saturated heterocycles. The maximum absolute atomic E-state index is 7.75. The molecule has 0 N–H and O–H groups in total. The topological polar surface area (TPSA) is 35.5 Å². The van der Waals surface area contributed by atoms with Gasteiger partial charge in [0.05, 0.1) is 44.5 Å². The predicted octanol–water partition coefficient (Wildman–Crippen LogP) is 18.6. The summed E-state index contributed by atoms with van der Waals surface area (Å²) in [6.07, 6.45) is 0. The second-order valence-corrected chi connectivity index (χ2v) is 27.7. The fourth-order valence-corrected chi connectivity index (χ4v) is 14.4. The number of aromatic nitrogens is 2. The minimum absolute atomic E-state index is 0.0135. The van der Waals surface area contributed by atoms with Gasteiger partial charge in [-0.2, -0.15) is 0 Å². The Morgan fingerprint density at radius 1 is 0.430 bits per heavy atom. The lowest BCUT2D eigenvalue weighted by Crippen LogP contribution is -2.58. The molecule has 13 aromatic rings. The van der Waals surface area contributed by atoms with E-state index in [9.17, 15) is 0 Å². The van der Waals surface area contributed by atoms with E-state index in [0.29, 0.717) is 0 Å². The Labute approximate surface area is 466 Å². The number of fused-ring (bicyclic) bond motifs is 16. The van der Waals surface area contributed by atoms with Crippen molar-refractivity contribution in [2.75, 3.05) is 4.90 Å². The van der Waals surface area contributed by atoms with E-state index in [-0.39, 0.29) is 28.4 Å². The zero-order valence-corrected chi connectivity index (χ0v) is 48.1. The highest BCUT2D eigenvalue weighted by molar-refractivity contribution is 7.33. The van der Waals surface area contributed by atoms with Crippen LogP contribution in [0.5, 0.6) is 11.5 Å². The monoisotopic (exact) mass is 1050 g/mol. The lowest BCUT2D eigenvalue weighted by molar-refractivity contribution is 0.481. The molecule has 388 valence electrons. The highest BCUT2D eigenvalue weighted by atomic mass is 32.1. The van der Waals surface area contributed by atoms with Crippen molar-refractivity contribution in [3.8, 4) is 22.9 Å². The Bertz CT molecular complexity index is 4620. The standard InChI is InChI=1S/C72H64BN3O2S/c1-69(2,3)41-25-30-45(31-26-41)75-59-38-46(74-54-22-16-13-19-47(54)48-20-14-17-23-55(48)74)39-61-64(59)73(68-65(75)52-37-44(72(10,11)12)29-34-62(52)79-68)53-40-58(63-49-21-15-18-24-60(49)77-67(63)66(53)78-61)76-56-32-27-42(70(4,5)6)35-50(56)51-36-43(71(7,8)9)28-33-57(51)76/h13-40H,1-12H3. The molecule has 0 atom stereocenters. The number of nitrogens with zero attached hydrogens (tertiary/aromatic N) is 3. The summed E-state index contributed by atoms with van der Waals surface area (Å²) < 4.78 is 22.6. The van der Waals surface area contributed by atoms with E-state index in [1.165, 1.54) is 75.4 Å². The molecule has 0 radical (unpaired) electrons. The Balaban J connectivity index is 1.09. The van der Waals surface area contributed by atoms with Gasteiger partial charge in [-0.15, -0.1) is 11.3 Å². The van der Waals surface area contributed by atoms with Gasteiger partial charge in [-0.1, -0.05) is 168 Å². The largest absolute Gasteiger partial charge is 0.454 e. The number of anilines is 3. The average molecular weight is 1050 g/mol. The lowest BCUT2D eigenvalue weighted by Gasteiger charge is -2.39. The molecule has 2 aliphatic rings. The molecule has 2 aliphatic heterocycles. The highest BCUT2D eigenvalue weighted by Gasteiger charge is 2.46. The van der Waals surface area contributed by atoms with Gasteiger partial charge in [0.1, 0.15) is 11.3 Å². The van der Waals surface area contributed by atoms with Crippen LogP contribution in [0.3, 0.4) is 0 Å². The van der Waals surface area contributed by atoms with Gasteiger partial charge >= 0.3 is 0 Å². The van der Waals surface area contributed by atoms with Gasteiger partial charge < -0.3 is 23.2 Å². The third-order valence-corrected chi connectivity index (χ3v) is 18.6. The Hall–Kier alpha value is -8.00. The molecule has 4 aromatic heterocycles. The smallest absolute Gasteiger partial charge is 0.269 e. The van der Waals surface area contributed by atoms with Gasteiger partial charge in [0.2, 0.25) is 0 Å². The maximum Gasteiger partial charge on any atom is 0.269 e. The second kappa shape index (κ2) is 16.3. The zero-order valence-electron chi connectivity index (χ0n) is 47.3. The molecule has 7 heteroatoms. The van der Waals surface area contributed by atoms with Crippen LogP contribution in [0.1, 0.15) is 105 Å². The number of hydrogen-bond donors (Lipinski definition) is 0. The second-order valence-electron chi connectivity index (χ2n) is 26.6. The van der Waals surface area contributed by atoms with Crippen molar-refractivity contribution in [3.63, 3.8) is 0 Å². The third-order valence-electron chi connectivity index (χ3n) is 17.4. The van der Waals surface area contributed by atoms with Crippen molar-refractivity contribution in [3.05, 3.63) is 192 Å². The molecule has 0 fully saturated rings. The van der Waals surface area contributed by atoms with Crippen LogP contribution in [0.15, 0.2) is 174 Å². The minimum Gasteiger partial charge on any atom is -0.454 e. The van der Waals surface area contributed by atoms with Gasteiger partial charge in [-0.05, 0) is 134 Å². The Kier molecular flexibility index (Phi) is 9.94. The third kappa shape index (κ3) is 7.07. The van der Waals surface area contributed by atoms with Crippen LogP contribution >= 0.6 is 11.3 Å². The molecule has 0 amide bonds. The normalized spacial score (nSPS) is 13.9. The number of benzene rings is 9. The molecule has 0 aliphatic carbocycles. The first-order valence-corrected chi connectivity index (χ1v) is 28.9. The van der Waals surface area contributed by atoms with Gasteiger partial charge in [0.25, 0.3) is 6.71 Å². The van der Waals surface area contributed by atoms with Crippen LogP contribution in [0.2, 0.25) is 0 Å². The summed E-state index contributed by atoms with van der Waals surface area (Å²) in [6.45, 7) is 27.5. The molecule has 0 saturated carbocycles. The predicted molar refractivity (Wildman–Crippen MR) is 338 cm³/mol. The van der Waals surface area contributed by atoms with E-state index >= 15 is 0 Å². The molecular formula is C72H64BN3O2S. The fraction of sp³-hybridized carbons (Fsp3) is 0.222. The molecule has 0 spiro atoms. The summed E-state index contributed by atoms with van der Waals surface area (Å²) in [5, 5.41) is 8.29. The van der Waals surface area contributed by atoms with E-state index in [2.05, 4.69) is 267 Å². The highest BCUT2D eigenvalue weighted by Crippen LogP contribution is 2.51. The molecule has 79 heavy (non-hydrogen) atoms. The summed E-state index contributed by atoms with van der Waals surface area (Å²) in [5.74, 6) is 1.60. The molecular weight excluding hydrogens is 982 g/mol. The molecule has 15 rings (SSSR count). The first kappa shape index (κ1) is 48.2. The lowest BCUT2D eigenvalue weighted by atomic mass is 9.37. The maximum atomic E-state index is 7.75. The number of hydrogen-bond acceptors (Lipinski definition) is 4. The van der Waals surface area contributed by atoms with Crippen LogP contribution in [-0.4, -0.2) is 15.8 Å². The molecule has 6 heterocycles. The Morgan fingerprint density at radius 3 is 1.54 bits per heavy atom. The van der Waals surface area contributed by atoms with Gasteiger partial charge in [-0.3, -0.25) is 0 Å². The SMILES string of the molecule is CC(C)(C)c1ccc(N2c3cc(-n4c5ccccc5c5ccccc54)cc4c3B(c3cc(-n5c6ccc(C(C)(C)C)cc6c6cc(C(C)(C)C)ccc65)c5c(oc6ccccc65)c3O4)c3sc4ccc(C(C)(C)C)cc4c32)cc1. The molecule has 9 aromatic carbocycles. The van der Waals surface area contributed by atoms with Gasteiger partial charge in [0.15, 0.2) is 11.3 Å². The summed E-state index contributed by atoms with van der Waals surface area (Å²) in [5.41, 5.74) is 19.1. The zero-order chi connectivity index (χ0) is 54.4. The van der Waals surface area contributed by atoms with Crippen LogP contribution in [-0.2, 0) is 21.7 Å². The minimum atomic E-state index is -0.207. The summed E-state index contributed by atoms with van der Waals surface area (Å²) >= 11 is 1.92. The van der Waals surface area contributed by atoms with Crippen molar-refractivity contribution in [1.29, 1.82) is 0 Å². The number of ether oxygens (including phenoxy) is 1. The van der Waals surface area contributed by atoms with E-state index in [1.807, 2.05) is 11.3 Å². The van der Waals surface area contributed by atoms with E-state index in [4.69, 9.17) is 9.15 Å². The van der Waals surface area contributed by atoms with E-state index < -0.39 is 0 Å².